The number of fused-ring (bicyclic) bond motifs is 1. The zero-order valence-electron chi connectivity index (χ0n) is 15.4. The SMILES string of the molecule is COC(=O)c1cc(C(=O)O)nc2c(O)nnn12.COC(=O)c1ccc(CN)cc1. The van der Waals surface area contributed by atoms with Crippen LogP contribution in [0.5, 0.6) is 5.88 Å². The number of carbonyl (C=O) groups is 3. The molecule has 29 heavy (non-hydrogen) atoms. The summed E-state index contributed by atoms with van der Waals surface area (Å²) in [4.78, 5) is 36.7. The smallest absolute Gasteiger partial charge is 0.356 e. The molecule has 0 fully saturated rings. The molecule has 2 aromatic heterocycles. The van der Waals surface area contributed by atoms with E-state index < -0.39 is 23.5 Å². The summed E-state index contributed by atoms with van der Waals surface area (Å²) in [7, 11) is 2.49. The lowest BCUT2D eigenvalue weighted by Gasteiger charge is -2.02. The van der Waals surface area contributed by atoms with Gasteiger partial charge in [0.2, 0.25) is 5.65 Å². The summed E-state index contributed by atoms with van der Waals surface area (Å²) >= 11 is 0. The van der Waals surface area contributed by atoms with Crippen molar-refractivity contribution >= 4 is 23.6 Å². The highest BCUT2D eigenvalue weighted by Gasteiger charge is 2.20. The minimum absolute atomic E-state index is 0.192. The van der Waals surface area contributed by atoms with E-state index >= 15 is 0 Å². The molecular weight excluding hydrogens is 386 g/mol. The van der Waals surface area contributed by atoms with Gasteiger partial charge in [-0.05, 0) is 17.7 Å². The lowest BCUT2D eigenvalue weighted by molar-refractivity contribution is 0.0585. The second-order valence-electron chi connectivity index (χ2n) is 5.36. The Kier molecular flexibility index (Phi) is 6.76. The molecule has 0 unspecified atom stereocenters. The second kappa shape index (κ2) is 9.23. The summed E-state index contributed by atoms with van der Waals surface area (Å²) in [6.45, 7) is 0.488. The third-order valence-corrected chi connectivity index (χ3v) is 3.58. The third kappa shape index (κ3) is 4.81. The maximum absolute atomic E-state index is 11.4. The van der Waals surface area contributed by atoms with Crippen molar-refractivity contribution in [3.8, 4) is 5.88 Å². The van der Waals surface area contributed by atoms with Gasteiger partial charge >= 0.3 is 17.9 Å². The van der Waals surface area contributed by atoms with E-state index in [9.17, 15) is 19.5 Å². The average molecular weight is 403 g/mol. The van der Waals surface area contributed by atoms with E-state index in [0.717, 1.165) is 23.3 Å². The predicted octanol–water partition coefficient (Wildman–Crippen LogP) is 0.247. The molecule has 1 aromatic carbocycles. The van der Waals surface area contributed by atoms with Crippen molar-refractivity contribution in [2.24, 2.45) is 5.73 Å². The largest absolute Gasteiger partial charge is 0.489 e. The lowest BCUT2D eigenvalue weighted by Crippen LogP contribution is -2.13. The van der Waals surface area contributed by atoms with Gasteiger partial charge in [-0.3, -0.25) is 0 Å². The first-order valence-corrected chi connectivity index (χ1v) is 7.96. The monoisotopic (exact) mass is 403 g/mol. The number of aromatic carboxylic acids is 1. The summed E-state index contributed by atoms with van der Waals surface area (Å²) < 4.78 is 9.89. The number of methoxy groups -OCH3 is 2. The van der Waals surface area contributed by atoms with Crippen LogP contribution in [-0.2, 0) is 16.0 Å². The van der Waals surface area contributed by atoms with Crippen molar-refractivity contribution in [1.29, 1.82) is 0 Å². The number of benzene rings is 1. The molecule has 0 spiro atoms. The Morgan fingerprint density at radius 2 is 1.72 bits per heavy atom. The maximum atomic E-state index is 11.4. The Bertz CT molecular complexity index is 1050. The van der Waals surface area contributed by atoms with Crippen LogP contribution < -0.4 is 5.73 Å². The molecule has 3 aromatic rings. The van der Waals surface area contributed by atoms with Crippen LogP contribution in [0.25, 0.3) is 5.65 Å². The fourth-order valence-corrected chi connectivity index (χ4v) is 2.12. The highest BCUT2D eigenvalue weighted by molar-refractivity contribution is 5.93. The minimum atomic E-state index is -1.35. The molecule has 0 aliphatic heterocycles. The van der Waals surface area contributed by atoms with Gasteiger partial charge in [-0.1, -0.05) is 22.4 Å². The number of carboxylic acids is 1. The van der Waals surface area contributed by atoms with E-state index in [-0.39, 0.29) is 17.3 Å². The molecule has 0 aliphatic carbocycles. The number of carbonyl (C=O) groups excluding carboxylic acids is 2. The predicted molar refractivity (Wildman–Crippen MR) is 96.4 cm³/mol. The molecule has 0 aliphatic rings. The van der Waals surface area contributed by atoms with Gasteiger partial charge < -0.3 is 25.4 Å². The number of aromatic hydroxyl groups is 1. The first-order valence-electron chi connectivity index (χ1n) is 7.96. The van der Waals surface area contributed by atoms with Gasteiger partial charge in [0.25, 0.3) is 5.88 Å². The quantitative estimate of drug-likeness (QED) is 0.508. The van der Waals surface area contributed by atoms with Crippen LogP contribution in [0.3, 0.4) is 0 Å². The fourth-order valence-electron chi connectivity index (χ4n) is 2.12. The molecule has 0 radical (unpaired) electrons. The molecule has 3 rings (SSSR count). The van der Waals surface area contributed by atoms with E-state index in [2.05, 4.69) is 24.8 Å². The first-order chi connectivity index (χ1) is 13.8. The number of carboxylic acid groups (broad SMARTS) is 1. The molecular formula is C17H17N5O7. The van der Waals surface area contributed by atoms with E-state index in [0.29, 0.717) is 12.1 Å². The van der Waals surface area contributed by atoms with Crippen LogP contribution in [-0.4, -0.2) is 62.2 Å². The molecule has 0 atom stereocenters. The van der Waals surface area contributed by atoms with E-state index in [1.807, 2.05) is 12.1 Å². The Labute approximate surface area is 163 Å². The average Bonchev–Trinajstić information content (AvgIpc) is 3.13. The first kappa shape index (κ1) is 21.2. The zero-order valence-corrected chi connectivity index (χ0v) is 15.4. The van der Waals surface area contributed by atoms with E-state index in [4.69, 9.17) is 10.8 Å². The van der Waals surface area contributed by atoms with Crippen LogP contribution in [0.2, 0.25) is 0 Å². The van der Waals surface area contributed by atoms with Crippen LogP contribution in [0.15, 0.2) is 30.3 Å². The molecule has 0 amide bonds. The van der Waals surface area contributed by atoms with E-state index in [1.54, 1.807) is 12.1 Å². The van der Waals surface area contributed by atoms with Crippen LogP contribution >= 0.6 is 0 Å². The lowest BCUT2D eigenvalue weighted by atomic mass is 10.1. The van der Waals surface area contributed by atoms with Crippen molar-refractivity contribution in [3.05, 3.63) is 52.8 Å². The molecule has 2 heterocycles. The number of esters is 2. The number of aromatic nitrogens is 4. The maximum Gasteiger partial charge on any atom is 0.356 e. The van der Waals surface area contributed by atoms with Gasteiger partial charge in [0.05, 0.1) is 19.8 Å². The summed E-state index contributed by atoms with van der Waals surface area (Å²) in [5.41, 5.74) is 6.10. The highest BCUT2D eigenvalue weighted by atomic mass is 16.5. The molecule has 0 saturated carbocycles. The van der Waals surface area contributed by atoms with Crippen molar-refractivity contribution in [1.82, 2.24) is 19.8 Å². The Hall–Kier alpha value is -4.06. The summed E-state index contributed by atoms with van der Waals surface area (Å²) in [5, 5.41) is 24.8. The van der Waals surface area contributed by atoms with E-state index in [1.165, 1.54) is 7.11 Å². The van der Waals surface area contributed by atoms with Gasteiger partial charge in [-0.2, -0.15) is 4.52 Å². The topological polar surface area (TPSA) is 179 Å². The van der Waals surface area contributed by atoms with Crippen molar-refractivity contribution in [2.75, 3.05) is 14.2 Å². The number of rotatable bonds is 4. The normalized spacial score (nSPS) is 10.0. The number of nitrogens with two attached hydrogens (primary N) is 1. The summed E-state index contributed by atoms with van der Waals surface area (Å²) in [5.74, 6) is -3.06. The van der Waals surface area contributed by atoms with Crippen molar-refractivity contribution in [3.63, 3.8) is 0 Å². The molecule has 12 nitrogen and oxygen atoms in total. The van der Waals surface area contributed by atoms with Gasteiger partial charge in [-0.15, -0.1) is 0 Å². The fraction of sp³-hybridized carbons (Fsp3) is 0.176. The standard InChI is InChI=1S/C9H11NO2.C8H6N4O5/c1-12-9(11)8-4-2-7(6-10)3-5-8;1-17-8(16)4-2-3(7(14)15)9-5-6(13)10-11-12(4)5/h2-5H,6,10H2,1H3;2,13H,1H3,(H,14,15). The Morgan fingerprint density at radius 3 is 2.24 bits per heavy atom. The zero-order chi connectivity index (χ0) is 21.6. The Balaban J connectivity index is 0.000000221. The van der Waals surface area contributed by atoms with Crippen molar-refractivity contribution in [2.45, 2.75) is 6.54 Å². The molecule has 152 valence electrons. The van der Waals surface area contributed by atoms with Crippen LogP contribution in [0, 0.1) is 0 Å². The highest BCUT2D eigenvalue weighted by Crippen LogP contribution is 2.15. The third-order valence-electron chi connectivity index (χ3n) is 3.58. The minimum Gasteiger partial charge on any atom is -0.489 e. The van der Waals surface area contributed by atoms with Gasteiger partial charge in [0, 0.05) is 12.6 Å². The summed E-state index contributed by atoms with van der Waals surface area (Å²) in [6.07, 6.45) is 0. The van der Waals surface area contributed by atoms with Gasteiger partial charge in [-0.25, -0.2) is 19.4 Å². The molecule has 0 saturated heterocycles. The van der Waals surface area contributed by atoms with Gasteiger partial charge in [0.1, 0.15) is 0 Å². The number of hydrogen-bond donors (Lipinski definition) is 3. The Morgan fingerprint density at radius 1 is 1.10 bits per heavy atom. The molecule has 0 bridgehead atoms. The van der Waals surface area contributed by atoms with Crippen LogP contribution in [0.4, 0.5) is 0 Å². The van der Waals surface area contributed by atoms with Gasteiger partial charge in [0.15, 0.2) is 11.4 Å². The van der Waals surface area contributed by atoms with Crippen molar-refractivity contribution < 1.29 is 34.1 Å². The second-order valence-corrected chi connectivity index (χ2v) is 5.36. The number of hydrogen-bond acceptors (Lipinski definition) is 10. The van der Waals surface area contributed by atoms with Crippen LogP contribution in [0.1, 0.15) is 36.9 Å². The summed E-state index contributed by atoms with van der Waals surface area (Å²) in [6, 6.07) is 8.01. The molecule has 12 heteroatoms. The molecule has 4 N–H and O–H groups in total. The number of nitrogens with zero attached hydrogens (tertiary/aromatic N) is 4. The number of ether oxygens (including phenoxy) is 2.